The lowest BCUT2D eigenvalue weighted by molar-refractivity contribution is -0.137. The Hall–Kier alpha value is -2.74. The molecule has 0 aliphatic carbocycles. The molecule has 0 fully saturated rings. The largest absolute Gasteiger partial charge is 0.416 e. The molecule has 0 radical (unpaired) electrons. The third kappa shape index (κ3) is 6.29. The number of aryl methyl sites for hydroxylation is 2. The van der Waals surface area contributed by atoms with Crippen LogP contribution in [0.15, 0.2) is 48.5 Å². The quantitative estimate of drug-likeness (QED) is 0.790. The van der Waals surface area contributed by atoms with Gasteiger partial charge < -0.3 is 5.32 Å². The average Bonchev–Trinajstić information content (AvgIpc) is 2.63. The van der Waals surface area contributed by atoms with Crippen LogP contribution in [-0.2, 0) is 23.8 Å². The van der Waals surface area contributed by atoms with E-state index in [0.29, 0.717) is 12.8 Å². The van der Waals surface area contributed by atoms with Gasteiger partial charge in [0.2, 0.25) is 5.91 Å². The number of hydrogen-bond donors (Lipinski definition) is 1. The van der Waals surface area contributed by atoms with E-state index in [1.54, 1.807) is 0 Å². The molecule has 2 nitrogen and oxygen atoms in total. The van der Waals surface area contributed by atoms with Gasteiger partial charge in [0.1, 0.15) is 0 Å². The smallest absolute Gasteiger partial charge is 0.345 e. The zero-order valence-corrected chi connectivity index (χ0v) is 14.5. The molecule has 2 aromatic carbocycles. The Labute approximate surface area is 151 Å². The Morgan fingerprint density at radius 3 is 2.42 bits per heavy atom. The van der Waals surface area contributed by atoms with Gasteiger partial charge in [-0.05, 0) is 42.2 Å². The zero-order valence-electron chi connectivity index (χ0n) is 14.5. The van der Waals surface area contributed by atoms with Gasteiger partial charge in [0.05, 0.1) is 12.1 Å². The van der Waals surface area contributed by atoms with E-state index in [-0.39, 0.29) is 18.0 Å². The van der Waals surface area contributed by atoms with Crippen molar-refractivity contribution in [2.24, 2.45) is 0 Å². The Morgan fingerprint density at radius 1 is 1.08 bits per heavy atom. The molecular weight excluding hydrogens is 339 g/mol. The second-order valence-corrected chi connectivity index (χ2v) is 5.83. The summed E-state index contributed by atoms with van der Waals surface area (Å²) in [5, 5.41) is 2.66. The van der Waals surface area contributed by atoms with Gasteiger partial charge in [-0.1, -0.05) is 49.1 Å². The summed E-state index contributed by atoms with van der Waals surface area (Å²) in [6.07, 6.45) is -2.43. The number of carbonyl (C=O) groups is 1. The number of alkyl halides is 3. The highest BCUT2D eigenvalue weighted by atomic mass is 19.4. The van der Waals surface area contributed by atoms with Crippen LogP contribution in [0.5, 0.6) is 0 Å². The van der Waals surface area contributed by atoms with Crippen LogP contribution in [0.2, 0.25) is 0 Å². The fourth-order valence-corrected chi connectivity index (χ4v) is 2.35. The van der Waals surface area contributed by atoms with Crippen LogP contribution < -0.4 is 5.32 Å². The number of nitrogens with one attached hydrogen (secondary N) is 1. The topological polar surface area (TPSA) is 29.1 Å². The summed E-state index contributed by atoms with van der Waals surface area (Å²) in [5.74, 6) is 5.17. The first-order valence-corrected chi connectivity index (χ1v) is 8.39. The Kier molecular flexibility index (Phi) is 6.85. The molecule has 0 unspecified atom stereocenters. The molecule has 0 aromatic heterocycles. The summed E-state index contributed by atoms with van der Waals surface area (Å²) in [6, 6.07) is 12.9. The minimum atomic E-state index is -4.39. The van der Waals surface area contributed by atoms with Crippen LogP contribution in [0.4, 0.5) is 13.2 Å². The van der Waals surface area contributed by atoms with Gasteiger partial charge in [0.25, 0.3) is 0 Å². The molecule has 136 valence electrons. The van der Waals surface area contributed by atoms with Crippen molar-refractivity contribution < 1.29 is 18.0 Å². The summed E-state index contributed by atoms with van der Waals surface area (Å²) in [5.41, 5.74) is 1.88. The van der Waals surface area contributed by atoms with E-state index in [0.717, 1.165) is 24.1 Å². The van der Waals surface area contributed by atoms with Gasteiger partial charge in [0.15, 0.2) is 0 Å². The van der Waals surface area contributed by atoms with E-state index in [4.69, 9.17) is 0 Å². The van der Waals surface area contributed by atoms with E-state index in [2.05, 4.69) is 24.1 Å². The molecule has 2 rings (SSSR count). The predicted octanol–water partition coefficient (Wildman–Crippen LogP) is 4.37. The van der Waals surface area contributed by atoms with Crippen LogP contribution in [0, 0.1) is 11.8 Å². The average molecular weight is 359 g/mol. The van der Waals surface area contributed by atoms with E-state index in [9.17, 15) is 18.0 Å². The Morgan fingerprint density at radius 2 is 1.77 bits per heavy atom. The van der Waals surface area contributed by atoms with Crippen molar-refractivity contribution in [3.63, 3.8) is 0 Å². The molecule has 0 atom stereocenters. The minimum absolute atomic E-state index is 0.101. The first kappa shape index (κ1) is 19.6. The van der Waals surface area contributed by atoms with Gasteiger partial charge in [-0.15, -0.1) is 0 Å². The van der Waals surface area contributed by atoms with E-state index in [1.165, 1.54) is 17.7 Å². The molecule has 0 aliphatic heterocycles. The second-order valence-electron chi connectivity index (χ2n) is 5.83. The van der Waals surface area contributed by atoms with Gasteiger partial charge in [-0.25, -0.2) is 0 Å². The molecule has 0 bridgehead atoms. The number of benzene rings is 2. The first-order chi connectivity index (χ1) is 12.4. The number of carbonyl (C=O) groups excluding carboxylic acids is 1. The number of halogens is 3. The highest BCUT2D eigenvalue weighted by Gasteiger charge is 2.30. The molecule has 2 aromatic rings. The van der Waals surface area contributed by atoms with Gasteiger partial charge in [-0.2, -0.15) is 13.2 Å². The SMILES string of the molecule is CCc1ccc(CCC(=O)NCC#Cc2cccc(C(F)(F)F)c2)cc1. The van der Waals surface area contributed by atoms with Crippen LogP contribution in [0.1, 0.15) is 35.6 Å². The molecule has 5 heteroatoms. The maximum absolute atomic E-state index is 12.6. The molecular formula is C21H20F3NO. The molecule has 26 heavy (non-hydrogen) atoms. The third-order valence-corrected chi connectivity index (χ3v) is 3.87. The van der Waals surface area contributed by atoms with Crippen molar-refractivity contribution in [3.05, 3.63) is 70.8 Å². The lowest BCUT2D eigenvalue weighted by Gasteiger charge is -2.05. The van der Waals surface area contributed by atoms with Crippen LogP contribution in [-0.4, -0.2) is 12.5 Å². The van der Waals surface area contributed by atoms with Crippen molar-refractivity contribution in [3.8, 4) is 11.8 Å². The standard InChI is InChI=1S/C21H20F3NO/c1-2-16-8-10-17(11-9-16)12-13-20(26)25-14-4-6-18-5-3-7-19(15-18)21(22,23)24/h3,5,7-11,15H,2,12-14H2,1H3,(H,25,26). The summed E-state index contributed by atoms with van der Waals surface area (Å²) in [6.45, 7) is 2.19. The summed E-state index contributed by atoms with van der Waals surface area (Å²) < 4.78 is 37.9. The minimum Gasteiger partial charge on any atom is -0.345 e. The number of hydrogen-bond acceptors (Lipinski definition) is 1. The summed E-state index contributed by atoms with van der Waals surface area (Å²) in [7, 11) is 0. The lowest BCUT2D eigenvalue weighted by atomic mass is 10.1. The van der Waals surface area contributed by atoms with Crippen molar-refractivity contribution in [1.82, 2.24) is 5.32 Å². The fraction of sp³-hybridized carbons (Fsp3) is 0.286. The maximum atomic E-state index is 12.6. The van der Waals surface area contributed by atoms with E-state index >= 15 is 0 Å². The van der Waals surface area contributed by atoms with Crippen molar-refractivity contribution in [2.45, 2.75) is 32.4 Å². The van der Waals surface area contributed by atoms with E-state index in [1.807, 2.05) is 24.3 Å². The van der Waals surface area contributed by atoms with Crippen LogP contribution in [0.3, 0.4) is 0 Å². The van der Waals surface area contributed by atoms with E-state index < -0.39 is 11.7 Å². The van der Waals surface area contributed by atoms with Crippen molar-refractivity contribution in [2.75, 3.05) is 6.54 Å². The van der Waals surface area contributed by atoms with Gasteiger partial charge in [-0.3, -0.25) is 4.79 Å². The predicted molar refractivity (Wildman–Crippen MR) is 95.5 cm³/mol. The molecule has 0 spiro atoms. The fourth-order valence-electron chi connectivity index (χ4n) is 2.35. The third-order valence-electron chi connectivity index (χ3n) is 3.87. The van der Waals surface area contributed by atoms with Gasteiger partial charge >= 0.3 is 6.18 Å². The highest BCUT2D eigenvalue weighted by molar-refractivity contribution is 5.76. The molecule has 0 saturated heterocycles. The van der Waals surface area contributed by atoms with Crippen LogP contribution >= 0.6 is 0 Å². The normalized spacial score (nSPS) is 10.8. The van der Waals surface area contributed by atoms with Gasteiger partial charge in [0, 0.05) is 12.0 Å². The Balaban J connectivity index is 1.79. The summed E-state index contributed by atoms with van der Waals surface area (Å²) in [4.78, 5) is 11.8. The number of rotatable bonds is 5. The van der Waals surface area contributed by atoms with Crippen LogP contribution in [0.25, 0.3) is 0 Å². The molecule has 1 N–H and O–H groups in total. The highest BCUT2D eigenvalue weighted by Crippen LogP contribution is 2.29. The second kappa shape index (κ2) is 9.10. The number of amides is 1. The lowest BCUT2D eigenvalue weighted by Crippen LogP contribution is -2.23. The Bertz CT molecular complexity index is 798. The molecule has 0 heterocycles. The molecule has 0 saturated carbocycles. The monoisotopic (exact) mass is 359 g/mol. The maximum Gasteiger partial charge on any atom is 0.416 e. The first-order valence-electron chi connectivity index (χ1n) is 8.39. The van der Waals surface area contributed by atoms with Crippen molar-refractivity contribution >= 4 is 5.91 Å². The molecule has 1 amide bonds. The summed E-state index contributed by atoms with van der Waals surface area (Å²) >= 11 is 0. The van der Waals surface area contributed by atoms with Crippen molar-refractivity contribution in [1.29, 1.82) is 0 Å². The zero-order chi connectivity index (χ0) is 19.0. The molecule has 0 aliphatic rings.